The molecule has 2 rings (SSSR count). The standard InChI is InChI=1S/C11H12FN3OS/c1-8-13-11(15-14-8)17-7-6-16-10-5-3-2-4-9(10)12/h2-5H,6-7H2,1H3,(H,13,14,15). The molecule has 0 amide bonds. The van der Waals surface area contributed by atoms with Crippen molar-refractivity contribution in [1.29, 1.82) is 0 Å². The molecule has 0 aliphatic rings. The number of benzene rings is 1. The largest absolute Gasteiger partial charge is 0.490 e. The first-order valence-electron chi connectivity index (χ1n) is 5.15. The van der Waals surface area contributed by atoms with Crippen molar-refractivity contribution in [2.24, 2.45) is 0 Å². The maximum Gasteiger partial charge on any atom is 0.208 e. The molecular formula is C11H12FN3OS. The first kappa shape index (κ1) is 11.9. The van der Waals surface area contributed by atoms with Crippen molar-refractivity contribution in [3.8, 4) is 5.75 Å². The van der Waals surface area contributed by atoms with Crippen molar-refractivity contribution < 1.29 is 9.13 Å². The van der Waals surface area contributed by atoms with Gasteiger partial charge in [-0.15, -0.1) is 5.10 Å². The highest BCUT2D eigenvalue weighted by atomic mass is 32.2. The van der Waals surface area contributed by atoms with Crippen molar-refractivity contribution in [2.45, 2.75) is 12.1 Å². The first-order valence-corrected chi connectivity index (χ1v) is 6.13. The summed E-state index contributed by atoms with van der Waals surface area (Å²) in [6.07, 6.45) is 0. The molecule has 0 saturated carbocycles. The maximum atomic E-state index is 13.2. The summed E-state index contributed by atoms with van der Waals surface area (Å²) in [5.41, 5.74) is 0. The van der Waals surface area contributed by atoms with E-state index in [1.807, 2.05) is 6.92 Å². The molecule has 1 heterocycles. The van der Waals surface area contributed by atoms with Crippen LogP contribution in [-0.2, 0) is 0 Å². The Morgan fingerprint density at radius 2 is 2.24 bits per heavy atom. The van der Waals surface area contributed by atoms with Gasteiger partial charge in [-0.1, -0.05) is 23.9 Å². The van der Waals surface area contributed by atoms with E-state index in [-0.39, 0.29) is 11.6 Å². The fourth-order valence-electron chi connectivity index (χ4n) is 1.23. The number of nitrogens with zero attached hydrogens (tertiary/aromatic N) is 2. The molecule has 1 N–H and O–H groups in total. The third kappa shape index (κ3) is 3.45. The van der Waals surface area contributed by atoms with E-state index in [1.54, 1.807) is 18.2 Å². The minimum absolute atomic E-state index is 0.277. The van der Waals surface area contributed by atoms with E-state index >= 15 is 0 Å². The molecule has 0 aliphatic carbocycles. The number of aromatic nitrogens is 3. The zero-order valence-electron chi connectivity index (χ0n) is 9.31. The highest BCUT2D eigenvalue weighted by Gasteiger charge is 2.03. The molecule has 17 heavy (non-hydrogen) atoms. The van der Waals surface area contributed by atoms with Crippen molar-refractivity contribution in [2.75, 3.05) is 12.4 Å². The van der Waals surface area contributed by atoms with Gasteiger partial charge in [0.15, 0.2) is 11.6 Å². The topological polar surface area (TPSA) is 50.8 Å². The van der Waals surface area contributed by atoms with Crippen molar-refractivity contribution in [3.63, 3.8) is 0 Å². The average Bonchev–Trinajstić information content (AvgIpc) is 2.73. The zero-order chi connectivity index (χ0) is 12.1. The number of H-pyrrole nitrogens is 1. The second kappa shape index (κ2) is 5.67. The van der Waals surface area contributed by atoms with E-state index in [0.29, 0.717) is 17.5 Å². The summed E-state index contributed by atoms with van der Waals surface area (Å²) in [6, 6.07) is 6.36. The summed E-state index contributed by atoms with van der Waals surface area (Å²) in [5, 5.41) is 7.41. The molecule has 1 aromatic heterocycles. The summed E-state index contributed by atoms with van der Waals surface area (Å²) in [6.45, 7) is 2.26. The fourth-order valence-corrected chi connectivity index (χ4v) is 1.89. The van der Waals surface area contributed by atoms with Gasteiger partial charge in [0.05, 0.1) is 6.61 Å². The van der Waals surface area contributed by atoms with E-state index in [0.717, 1.165) is 5.82 Å². The fraction of sp³-hybridized carbons (Fsp3) is 0.273. The Bertz CT molecular complexity index is 489. The lowest BCUT2D eigenvalue weighted by atomic mass is 10.3. The molecule has 4 nitrogen and oxygen atoms in total. The normalized spacial score (nSPS) is 10.5. The number of nitrogens with one attached hydrogen (secondary N) is 1. The number of aromatic amines is 1. The van der Waals surface area contributed by atoms with Crippen LogP contribution in [0, 0.1) is 12.7 Å². The average molecular weight is 253 g/mol. The van der Waals surface area contributed by atoms with Crippen LogP contribution in [0.3, 0.4) is 0 Å². The van der Waals surface area contributed by atoms with Crippen LogP contribution in [0.1, 0.15) is 5.82 Å². The van der Waals surface area contributed by atoms with Gasteiger partial charge in [0, 0.05) is 5.75 Å². The number of aryl methyl sites for hydroxylation is 1. The predicted octanol–water partition coefficient (Wildman–Crippen LogP) is 2.42. The van der Waals surface area contributed by atoms with Gasteiger partial charge in [0.2, 0.25) is 5.16 Å². The van der Waals surface area contributed by atoms with Crippen LogP contribution >= 0.6 is 11.8 Å². The monoisotopic (exact) mass is 253 g/mol. The Labute approximate surface area is 103 Å². The van der Waals surface area contributed by atoms with E-state index in [1.165, 1.54) is 17.8 Å². The SMILES string of the molecule is Cc1nc(SCCOc2ccccc2F)n[nH]1. The van der Waals surface area contributed by atoms with Gasteiger partial charge in [-0.3, -0.25) is 5.10 Å². The summed E-state index contributed by atoms with van der Waals surface area (Å²) in [4.78, 5) is 4.14. The minimum Gasteiger partial charge on any atom is -0.490 e. The number of hydrogen-bond donors (Lipinski definition) is 1. The molecule has 0 aliphatic heterocycles. The molecule has 0 fully saturated rings. The van der Waals surface area contributed by atoms with Crippen LogP contribution in [-0.4, -0.2) is 27.5 Å². The van der Waals surface area contributed by atoms with E-state index in [2.05, 4.69) is 15.2 Å². The smallest absolute Gasteiger partial charge is 0.208 e. The third-order valence-electron chi connectivity index (χ3n) is 1.99. The van der Waals surface area contributed by atoms with Crippen LogP contribution in [0.15, 0.2) is 29.4 Å². The molecule has 0 unspecified atom stereocenters. The Morgan fingerprint density at radius 1 is 1.41 bits per heavy atom. The van der Waals surface area contributed by atoms with Crippen LogP contribution in [0.4, 0.5) is 4.39 Å². The summed E-state index contributed by atoms with van der Waals surface area (Å²) < 4.78 is 18.5. The maximum absolute atomic E-state index is 13.2. The van der Waals surface area contributed by atoms with Crippen molar-refractivity contribution in [1.82, 2.24) is 15.2 Å². The Morgan fingerprint density at radius 3 is 2.94 bits per heavy atom. The summed E-state index contributed by atoms with van der Waals surface area (Å²) in [7, 11) is 0. The summed E-state index contributed by atoms with van der Waals surface area (Å²) >= 11 is 1.47. The lowest BCUT2D eigenvalue weighted by molar-refractivity contribution is 0.325. The van der Waals surface area contributed by atoms with E-state index < -0.39 is 0 Å². The quantitative estimate of drug-likeness (QED) is 0.656. The minimum atomic E-state index is -0.341. The van der Waals surface area contributed by atoms with Gasteiger partial charge >= 0.3 is 0 Å². The van der Waals surface area contributed by atoms with E-state index in [9.17, 15) is 4.39 Å². The van der Waals surface area contributed by atoms with Gasteiger partial charge in [0.25, 0.3) is 0 Å². The third-order valence-corrected chi connectivity index (χ3v) is 2.80. The van der Waals surface area contributed by atoms with Gasteiger partial charge in [-0.2, -0.15) is 0 Å². The zero-order valence-corrected chi connectivity index (χ0v) is 10.1. The Hall–Kier alpha value is -1.56. The van der Waals surface area contributed by atoms with Crippen molar-refractivity contribution >= 4 is 11.8 Å². The van der Waals surface area contributed by atoms with Crippen LogP contribution in [0.5, 0.6) is 5.75 Å². The number of para-hydroxylation sites is 1. The van der Waals surface area contributed by atoms with Gasteiger partial charge < -0.3 is 4.74 Å². The van der Waals surface area contributed by atoms with Gasteiger partial charge in [0.1, 0.15) is 5.82 Å². The number of rotatable bonds is 5. The lowest BCUT2D eigenvalue weighted by Gasteiger charge is -2.05. The molecule has 0 spiro atoms. The number of ether oxygens (including phenoxy) is 1. The van der Waals surface area contributed by atoms with Gasteiger partial charge in [-0.05, 0) is 19.1 Å². The molecule has 0 bridgehead atoms. The molecule has 90 valence electrons. The molecule has 2 aromatic rings. The highest BCUT2D eigenvalue weighted by molar-refractivity contribution is 7.99. The Kier molecular flexibility index (Phi) is 3.98. The molecule has 6 heteroatoms. The van der Waals surface area contributed by atoms with Crippen LogP contribution in [0.25, 0.3) is 0 Å². The van der Waals surface area contributed by atoms with Crippen LogP contribution in [0.2, 0.25) is 0 Å². The van der Waals surface area contributed by atoms with Gasteiger partial charge in [-0.25, -0.2) is 9.37 Å². The molecular weight excluding hydrogens is 241 g/mol. The predicted molar refractivity (Wildman–Crippen MR) is 63.7 cm³/mol. The Balaban J connectivity index is 1.75. The summed E-state index contributed by atoms with van der Waals surface area (Å²) in [5.74, 6) is 1.39. The second-order valence-electron chi connectivity index (χ2n) is 3.33. The second-order valence-corrected chi connectivity index (χ2v) is 4.39. The van der Waals surface area contributed by atoms with Crippen LogP contribution < -0.4 is 4.74 Å². The lowest BCUT2D eigenvalue weighted by Crippen LogP contribution is -2.01. The van der Waals surface area contributed by atoms with E-state index in [4.69, 9.17) is 4.74 Å². The molecule has 0 radical (unpaired) electrons. The number of halogens is 1. The molecule has 0 saturated heterocycles. The first-order chi connectivity index (χ1) is 8.25. The molecule has 0 atom stereocenters. The highest BCUT2D eigenvalue weighted by Crippen LogP contribution is 2.17. The van der Waals surface area contributed by atoms with Crippen molar-refractivity contribution in [3.05, 3.63) is 35.9 Å². The number of hydrogen-bond acceptors (Lipinski definition) is 4. The molecule has 1 aromatic carbocycles. The number of thioether (sulfide) groups is 1.